The van der Waals surface area contributed by atoms with Crippen LogP contribution in [0.1, 0.15) is 75.3 Å². The summed E-state index contributed by atoms with van der Waals surface area (Å²) in [6, 6.07) is 0.364. The lowest BCUT2D eigenvalue weighted by Gasteiger charge is -2.22. The van der Waals surface area contributed by atoms with Gasteiger partial charge in [0.05, 0.1) is 12.2 Å². The molecule has 1 unspecified atom stereocenters. The van der Waals surface area contributed by atoms with Gasteiger partial charge < -0.3 is 10.6 Å². The smallest absolute Gasteiger partial charge is 0.273 e. The molecule has 1 aromatic heterocycles. The summed E-state index contributed by atoms with van der Waals surface area (Å²) in [4.78, 5) is 12.3. The van der Waals surface area contributed by atoms with E-state index >= 15 is 0 Å². The fourth-order valence-corrected chi connectivity index (χ4v) is 3.21. The molecule has 1 aromatic rings. The van der Waals surface area contributed by atoms with Crippen molar-refractivity contribution < 1.29 is 4.79 Å². The molecule has 138 valence electrons. The summed E-state index contributed by atoms with van der Waals surface area (Å²) < 4.78 is 1.86. The quantitative estimate of drug-likeness (QED) is 0.712. The Labute approximate surface area is 151 Å². The van der Waals surface area contributed by atoms with Crippen molar-refractivity contribution in [1.82, 2.24) is 25.6 Å². The van der Waals surface area contributed by atoms with Gasteiger partial charge in [-0.3, -0.25) is 4.79 Å². The highest BCUT2D eigenvalue weighted by atomic mass is 35.5. The van der Waals surface area contributed by atoms with E-state index in [1.807, 2.05) is 4.68 Å². The molecule has 0 bridgehead atoms. The lowest BCUT2D eigenvalue weighted by atomic mass is 9.97. The van der Waals surface area contributed by atoms with Crippen molar-refractivity contribution in [3.8, 4) is 0 Å². The Morgan fingerprint density at radius 2 is 2.08 bits per heavy atom. The van der Waals surface area contributed by atoms with E-state index in [9.17, 15) is 4.79 Å². The first kappa shape index (κ1) is 20.9. The average molecular weight is 358 g/mol. The van der Waals surface area contributed by atoms with E-state index in [1.165, 1.54) is 25.7 Å². The van der Waals surface area contributed by atoms with Gasteiger partial charge in [0.2, 0.25) is 0 Å². The number of nitrogens with zero attached hydrogens (tertiary/aromatic N) is 3. The molecule has 1 fully saturated rings. The Morgan fingerprint density at radius 3 is 2.75 bits per heavy atom. The number of piperidine rings is 1. The molecule has 24 heavy (non-hydrogen) atoms. The zero-order chi connectivity index (χ0) is 16.5. The van der Waals surface area contributed by atoms with Gasteiger partial charge in [-0.25, -0.2) is 4.68 Å². The molecule has 0 spiro atoms. The number of nitrogens with one attached hydrogen (secondary N) is 2. The third-order valence-electron chi connectivity index (χ3n) is 4.64. The predicted molar refractivity (Wildman–Crippen MR) is 98.7 cm³/mol. The normalized spacial score (nSPS) is 16.4. The van der Waals surface area contributed by atoms with Gasteiger partial charge in [0.15, 0.2) is 5.69 Å². The summed E-state index contributed by atoms with van der Waals surface area (Å²) >= 11 is 0. The maximum Gasteiger partial charge on any atom is 0.273 e. The van der Waals surface area contributed by atoms with Crippen LogP contribution in [-0.2, 0) is 0 Å². The Morgan fingerprint density at radius 1 is 1.33 bits per heavy atom. The van der Waals surface area contributed by atoms with Crippen LogP contribution in [0.2, 0.25) is 0 Å². The number of unbranched alkanes of at least 4 members (excludes halogenated alkanes) is 1. The van der Waals surface area contributed by atoms with Gasteiger partial charge in [-0.15, -0.1) is 17.5 Å². The standard InChI is InChI=1S/C17H31N5O.ClH/c1-3-5-7-14(6-4-2)12-19-17(23)16-13-22(21-20-16)15-8-10-18-11-9-15;/h13-15,18H,3-12H2,1-2H3,(H,19,23);1H. The molecule has 1 aliphatic heterocycles. The largest absolute Gasteiger partial charge is 0.350 e. The van der Waals surface area contributed by atoms with Crippen LogP contribution in [0.5, 0.6) is 0 Å². The molecular weight excluding hydrogens is 326 g/mol. The number of carbonyl (C=O) groups excluding carboxylic acids is 1. The molecule has 0 aromatic carbocycles. The van der Waals surface area contributed by atoms with Gasteiger partial charge in [0, 0.05) is 6.54 Å². The van der Waals surface area contributed by atoms with E-state index in [2.05, 4.69) is 34.8 Å². The summed E-state index contributed by atoms with van der Waals surface area (Å²) in [5.74, 6) is 0.478. The first-order chi connectivity index (χ1) is 11.2. The highest BCUT2D eigenvalue weighted by Gasteiger charge is 2.19. The van der Waals surface area contributed by atoms with Crippen LogP contribution in [-0.4, -0.2) is 40.5 Å². The highest BCUT2D eigenvalue weighted by Crippen LogP contribution is 2.17. The third kappa shape index (κ3) is 6.40. The van der Waals surface area contributed by atoms with Crippen molar-refractivity contribution in [3.05, 3.63) is 11.9 Å². The van der Waals surface area contributed by atoms with Crippen molar-refractivity contribution in [2.75, 3.05) is 19.6 Å². The number of carbonyl (C=O) groups is 1. The van der Waals surface area contributed by atoms with E-state index in [0.29, 0.717) is 17.7 Å². The predicted octanol–water partition coefficient (Wildman–Crippen LogP) is 2.96. The molecule has 0 radical (unpaired) electrons. The van der Waals surface area contributed by atoms with Crippen LogP contribution < -0.4 is 10.6 Å². The topological polar surface area (TPSA) is 71.8 Å². The summed E-state index contributed by atoms with van der Waals surface area (Å²) in [7, 11) is 0. The average Bonchev–Trinajstić information content (AvgIpc) is 3.08. The molecule has 6 nitrogen and oxygen atoms in total. The highest BCUT2D eigenvalue weighted by molar-refractivity contribution is 5.91. The molecule has 2 N–H and O–H groups in total. The van der Waals surface area contributed by atoms with Crippen LogP contribution in [0.15, 0.2) is 6.20 Å². The minimum absolute atomic E-state index is 0. The fraction of sp³-hybridized carbons (Fsp3) is 0.824. The van der Waals surface area contributed by atoms with Crippen molar-refractivity contribution in [1.29, 1.82) is 0 Å². The van der Waals surface area contributed by atoms with E-state index in [0.717, 1.165) is 38.9 Å². The molecule has 1 amide bonds. The van der Waals surface area contributed by atoms with E-state index in [1.54, 1.807) is 6.20 Å². The molecule has 1 atom stereocenters. The Balaban J connectivity index is 0.00000288. The molecular formula is C17H32ClN5O. The molecule has 1 saturated heterocycles. The van der Waals surface area contributed by atoms with E-state index < -0.39 is 0 Å². The lowest BCUT2D eigenvalue weighted by Crippen LogP contribution is -2.30. The van der Waals surface area contributed by atoms with Gasteiger partial charge in [0.1, 0.15) is 0 Å². The number of amides is 1. The van der Waals surface area contributed by atoms with Gasteiger partial charge in [-0.1, -0.05) is 38.3 Å². The van der Waals surface area contributed by atoms with Crippen molar-refractivity contribution in [2.45, 2.75) is 64.8 Å². The van der Waals surface area contributed by atoms with Gasteiger partial charge in [-0.2, -0.15) is 0 Å². The summed E-state index contributed by atoms with van der Waals surface area (Å²) in [6.45, 7) is 7.16. The third-order valence-corrected chi connectivity index (χ3v) is 4.64. The fourth-order valence-electron chi connectivity index (χ4n) is 3.21. The number of halogens is 1. The summed E-state index contributed by atoms with van der Waals surface area (Å²) in [5, 5.41) is 14.6. The lowest BCUT2D eigenvalue weighted by molar-refractivity contribution is 0.0940. The van der Waals surface area contributed by atoms with Crippen LogP contribution >= 0.6 is 12.4 Å². The Kier molecular flexibility index (Phi) is 9.95. The maximum atomic E-state index is 12.3. The van der Waals surface area contributed by atoms with Crippen molar-refractivity contribution >= 4 is 18.3 Å². The molecule has 0 saturated carbocycles. The molecule has 0 aliphatic carbocycles. The molecule has 1 aliphatic rings. The van der Waals surface area contributed by atoms with Gasteiger partial charge in [-0.05, 0) is 44.7 Å². The number of aromatic nitrogens is 3. The first-order valence-electron chi connectivity index (χ1n) is 9.15. The van der Waals surface area contributed by atoms with E-state index in [4.69, 9.17) is 0 Å². The van der Waals surface area contributed by atoms with Crippen molar-refractivity contribution in [3.63, 3.8) is 0 Å². The van der Waals surface area contributed by atoms with Gasteiger partial charge in [0.25, 0.3) is 5.91 Å². The SMILES string of the molecule is CCCCC(CCC)CNC(=O)c1cn(C2CCNCC2)nn1.Cl. The van der Waals surface area contributed by atoms with Crippen LogP contribution in [0, 0.1) is 5.92 Å². The molecule has 7 heteroatoms. The van der Waals surface area contributed by atoms with Crippen LogP contribution in [0.4, 0.5) is 0 Å². The van der Waals surface area contributed by atoms with E-state index in [-0.39, 0.29) is 18.3 Å². The second kappa shape index (κ2) is 11.4. The minimum Gasteiger partial charge on any atom is -0.350 e. The minimum atomic E-state index is -0.0946. The maximum absolute atomic E-state index is 12.3. The summed E-state index contributed by atoms with van der Waals surface area (Å²) in [5.41, 5.74) is 0.439. The number of rotatable bonds is 9. The molecule has 2 heterocycles. The van der Waals surface area contributed by atoms with Gasteiger partial charge >= 0.3 is 0 Å². The first-order valence-corrected chi connectivity index (χ1v) is 9.15. The second-order valence-corrected chi connectivity index (χ2v) is 6.57. The zero-order valence-electron chi connectivity index (χ0n) is 15.0. The molecule has 2 rings (SSSR count). The zero-order valence-corrected chi connectivity index (χ0v) is 15.8. The second-order valence-electron chi connectivity index (χ2n) is 6.57. The number of hydrogen-bond acceptors (Lipinski definition) is 4. The van der Waals surface area contributed by atoms with Crippen molar-refractivity contribution in [2.24, 2.45) is 5.92 Å². The Hall–Kier alpha value is -1.14. The number of hydrogen-bond donors (Lipinski definition) is 2. The van der Waals surface area contributed by atoms with Crippen LogP contribution in [0.3, 0.4) is 0 Å². The van der Waals surface area contributed by atoms with Crippen LogP contribution in [0.25, 0.3) is 0 Å². The monoisotopic (exact) mass is 357 g/mol. The Bertz CT molecular complexity index is 473. The summed E-state index contributed by atoms with van der Waals surface area (Å²) in [6.07, 6.45) is 9.84.